The highest BCUT2D eigenvalue weighted by Gasteiger charge is 2.40. The second kappa shape index (κ2) is 5.13. The van der Waals surface area contributed by atoms with Gasteiger partial charge in [0.15, 0.2) is 11.5 Å². The normalized spacial score (nSPS) is 12.0. The van der Waals surface area contributed by atoms with Gasteiger partial charge in [-0.15, -0.1) is 11.3 Å². The minimum atomic E-state index is -4.61. The first-order chi connectivity index (χ1) is 10.3. The zero-order valence-electron chi connectivity index (χ0n) is 11.1. The molecule has 10 heteroatoms. The molecule has 3 rings (SSSR count). The number of alkyl halides is 3. The molecule has 0 radical (unpaired) electrons. The zero-order chi connectivity index (χ0) is 16.1. The molecule has 0 bridgehead atoms. The molecule has 0 aromatic carbocycles. The van der Waals surface area contributed by atoms with Gasteiger partial charge in [-0.05, 0) is 22.0 Å². The molecule has 0 fully saturated rings. The molecule has 22 heavy (non-hydrogen) atoms. The molecule has 0 saturated heterocycles. The van der Waals surface area contributed by atoms with Gasteiger partial charge in [-0.3, -0.25) is 4.68 Å². The zero-order valence-corrected chi connectivity index (χ0v) is 13.5. The van der Waals surface area contributed by atoms with Gasteiger partial charge in [-0.25, -0.2) is 0 Å². The van der Waals surface area contributed by atoms with Crippen LogP contribution in [0.2, 0.25) is 0 Å². The highest BCUT2D eigenvalue weighted by atomic mass is 79.9. The Morgan fingerprint density at radius 2 is 2.05 bits per heavy atom. The van der Waals surface area contributed by atoms with E-state index in [0.717, 1.165) is 16.0 Å². The molecular weight excluding hydrogens is 383 g/mol. The van der Waals surface area contributed by atoms with E-state index >= 15 is 0 Å². The number of nitrogens with zero attached hydrogens (tertiary/aromatic N) is 4. The number of thiophene rings is 1. The molecule has 0 aliphatic rings. The molecule has 0 saturated carbocycles. The van der Waals surface area contributed by atoms with Crippen LogP contribution in [0.1, 0.15) is 5.69 Å². The lowest BCUT2D eigenvalue weighted by atomic mass is 10.2. The molecular formula is C12H9BrF3N5S. The topological polar surface area (TPSA) is 61.7 Å². The van der Waals surface area contributed by atoms with E-state index in [-0.39, 0.29) is 17.2 Å². The minimum Gasteiger partial charge on any atom is -0.383 e. The Morgan fingerprint density at radius 3 is 2.55 bits per heavy atom. The fourth-order valence-electron chi connectivity index (χ4n) is 2.01. The van der Waals surface area contributed by atoms with E-state index in [4.69, 9.17) is 5.73 Å². The van der Waals surface area contributed by atoms with E-state index < -0.39 is 11.9 Å². The Labute approximate surface area is 135 Å². The summed E-state index contributed by atoms with van der Waals surface area (Å²) in [4.78, 5) is 0.388. The van der Waals surface area contributed by atoms with Crippen molar-refractivity contribution in [1.29, 1.82) is 0 Å². The van der Waals surface area contributed by atoms with Crippen molar-refractivity contribution in [2.24, 2.45) is 7.05 Å². The second-order valence-corrected chi connectivity index (χ2v) is 6.32. The third kappa shape index (κ3) is 2.52. The van der Waals surface area contributed by atoms with E-state index in [1.807, 2.05) is 0 Å². The molecule has 0 aliphatic heterocycles. The van der Waals surface area contributed by atoms with Gasteiger partial charge in [0.05, 0.1) is 5.56 Å². The Hall–Kier alpha value is -1.81. The van der Waals surface area contributed by atoms with Crippen molar-refractivity contribution in [3.8, 4) is 16.3 Å². The number of hydrogen-bond acceptors (Lipinski definition) is 4. The lowest BCUT2D eigenvalue weighted by molar-refractivity contribution is -0.140. The molecule has 3 heterocycles. The number of aromatic nitrogens is 4. The van der Waals surface area contributed by atoms with E-state index in [9.17, 15) is 13.2 Å². The second-order valence-electron chi connectivity index (χ2n) is 4.50. The maximum Gasteiger partial charge on any atom is 0.435 e. The molecule has 5 nitrogen and oxygen atoms in total. The van der Waals surface area contributed by atoms with Gasteiger partial charge in [0.25, 0.3) is 0 Å². The van der Waals surface area contributed by atoms with Crippen molar-refractivity contribution in [2.75, 3.05) is 5.73 Å². The van der Waals surface area contributed by atoms with Crippen molar-refractivity contribution in [1.82, 2.24) is 19.6 Å². The molecule has 0 amide bonds. The summed E-state index contributed by atoms with van der Waals surface area (Å²) in [5.41, 5.74) is 4.77. The lowest BCUT2D eigenvalue weighted by Crippen LogP contribution is -2.08. The molecule has 2 N–H and O–H groups in total. The van der Waals surface area contributed by atoms with Crippen LogP contribution in [0.4, 0.5) is 19.0 Å². The van der Waals surface area contributed by atoms with Gasteiger partial charge in [-0.2, -0.15) is 28.1 Å². The molecule has 0 atom stereocenters. The van der Waals surface area contributed by atoms with Gasteiger partial charge < -0.3 is 5.73 Å². The maximum atomic E-state index is 13.3. The standard InChI is InChI=1S/C12H9BrF3N5S/c1-20-3-2-8(18-20)21-11(17)9(7-4-6(13)5-22-7)10(19-21)12(14,15)16/h2-5H,17H2,1H3. The number of nitrogens with two attached hydrogens (primary N) is 1. The van der Waals surface area contributed by atoms with Gasteiger partial charge >= 0.3 is 6.18 Å². The number of aryl methyl sites for hydroxylation is 1. The Bertz CT molecular complexity index is 832. The first kappa shape index (κ1) is 15.1. The van der Waals surface area contributed by atoms with Gasteiger partial charge in [0.1, 0.15) is 5.82 Å². The maximum absolute atomic E-state index is 13.3. The summed E-state index contributed by atoms with van der Waals surface area (Å²) in [5.74, 6) is 0.132. The van der Waals surface area contributed by atoms with E-state index in [1.165, 1.54) is 10.7 Å². The molecule has 3 aromatic rings. The molecule has 0 unspecified atom stereocenters. The van der Waals surface area contributed by atoms with Gasteiger partial charge in [-0.1, -0.05) is 0 Å². The van der Waals surface area contributed by atoms with Crippen molar-refractivity contribution < 1.29 is 13.2 Å². The Balaban J connectivity index is 2.25. The summed E-state index contributed by atoms with van der Waals surface area (Å²) in [6, 6.07) is 3.12. The average molecular weight is 392 g/mol. The summed E-state index contributed by atoms with van der Waals surface area (Å²) >= 11 is 4.38. The van der Waals surface area contributed by atoms with Crippen LogP contribution < -0.4 is 5.73 Å². The van der Waals surface area contributed by atoms with Crippen LogP contribution in [0, 0.1) is 0 Å². The van der Waals surface area contributed by atoms with Crippen molar-refractivity contribution >= 4 is 33.1 Å². The van der Waals surface area contributed by atoms with Crippen LogP contribution in [-0.2, 0) is 13.2 Å². The minimum absolute atomic E-state index is 0.0969. The highest BCUT2D eigenvalue weighted by Crippen LogP contribution is 2.43. The number of halogens is 4. The molecule has 0 spiro atoms. The lowest BCUT2D eigenvalue weighted by Gasteiger charge is -2.04. The molecule has 0 aliphatic carbocycles. The van der Waals surface area contributed by atoms with Crippen LogP contribution in [-0.4, -0.2) is 19.6 Å². The molecule has 116 valence electrons. The molecule has 3 aromatic heterocycles. The highest BCUT2D eigenvalue weighted by molar-refractivity contribution is 9.10. The number of rotatable bonds is 2. The Kier molecular flexibility index (Phi) is 3.52. The van der Waals surface area contributed by atoms with Crippen LogP contribution in [0.3, 0.4) is 0 Å². The summed E-state index contributed by atoms with van der Waals surface area (Å²) in [6.07, 6.45) is -3.01. The van der Waals surface area contributed by atoms with Crippen LogP contribution in [0.5, 0.6) is 0 Å². The quantitative estimate of drug-likeness (QED) is 0.724. The Morgan fingerprint density at radius 1 is 1.32 bits per heavy atom. The van der Waals surface area contributed by atoms with E-state index in [2.05, 4.69) is 26.1 Å². The first-order valence-electron chi connectivity index (χ1n) is 5.97. The monoisotopic (exact) mass is 391 g/mol. The third-order valence-electron chi connectivity index (χ3n) is 2.92. The van der Waals surface area contributed by atoms with Crippen molar-refractivity contribution in [3.63, 3.8) is 0 Å². The van der Waals surface area contributed by atoms with Gasteiger partial charge in [0.2, 0.25) is 0 Å². The van der Waals surface area contributed by atoms with Gasteiger partial charge in [0, 0.05) is 34.0 Å². The van der Waals surface area contributed by atoms with E-state index in [0.29, 0.717) is 9.35 Å². The largest absolute Gasteiger partial charge is 0.435 e. The van der Waals surface area contributed by atoms with Crippen molar-refractivity contribution in [2.45, 2.75) is 6.18 Å². The smallest absolute Gasteiger partial charge is 0.383 e. The SMILES string of the molecule is Cn1ccc(-n2nc(C(F)(F)F)c(-c3cc(Br)cs3)c2N)n1. The summed E-state index contributed by atoms with van der Waals surface area (Å²) in [5, 5.41) is 9.36. The fourth-order valence-corrected chi connectivity index (χ4v) is 3.49. The number of nitrogen functional groups attached to an aromatic ring is 1. The third-order valence-corrected chi connectivity index (χ3v) is 4.63. The van der Waals surface area contributed by atoms with Crippen LogP contribution in [0.25, 0.3) is 16.3 Å². The first-order valence-corrected chi connectivity index (χ1v) is 7.64. The van der Waals surface area contributed by atoms with Crippen LogP contribution >= 0.6 is 27.3 Å². The summed E-state index contributed by atoms with van der Waals surface area (Å²) in [6.45, 7) is 0. The number of hydrogen-bond donors (Lipinski definition) is 1. The van der Waals surface area contributed by atoms with Crippen LogP contribution in [0.15, 0.2) is 28.2 Å². The predicted octanol–water partition coefficient (Wildman–Crippen LogP) is 3.70. The van der Waals surface area contributed by atoms with Crippen molar-refractivity contribution in [3.05, 3.63) is 33.9 Å². The summed E-state index contributed by atoms with van der Waals surface area (Å²) in [7, 11) is 1.66. The number of anilines is 1. The average Bonchev–Trinajstić information content (AvgIpc) is 3.08. The predicted molar refractivity (Wildman–Crippen MR) is 80.8 cm³/mol. The fraction of sp³-hybridized carbons (Fsp3) is 0.167. The summed E-state index contributed by atoms with van der Waals surface area (Å²) < 4.78 is 43.0. The van der Waals surface area contributed by atoms with E-state index in [1.54, 1.807) is 24.7 Å².